The van der Waals surface area contributed by atoms with E-state index in [2.05, 4.69) is 6.92 Å². The molecule has 0 amide bonds. The maximum atomic E-state index is 13.8. The average molecular weight is 234 g/mol. The molecule has 0 bridgehead atoms. The number of benzene rings is 1. The Labute approximate surface area is 100 Å². The Kier molecular flexibility index (Phi) is 2.53. The van der Waals surface area contributed by atoms with Gasteiger partial charge in [0.1, 0.15) is 0 Å². The molecule has 1 unspecified atom stereocenters. The summed E-state index contributed by atoms with van der Waals surface area (Å²) in [5, 5.41) is 0. The van der Waals surface area contributed by atoms with Crippen LogP contribution in [0.25, 0.3) is 0 Å². The van der Waals surface area contributed by atoms with Crippen molar-refractivity contribution in [3.8, 4) is 0 Å². The van der Waals surface area contributed by atoms with Crippen LogP contribution in [0.4, 0.5) is 8.78 Å². The van der Waals surface area contributed by atoms with Crippen molar-refractivity contribution in [1.29, 1.82) is 0 Å². The summed E-state index contributed by atoms with van der Waals surface area (Å²) in [7, 11) is 0. The molecule has 1 aromatic rings. The zero-order chi connectivity index (χ0) is 12.0. The van der Waals surface area contributed by atoms with Gasteiger partial charge < -0.3 is 0 Å². The Morgan fingerprint density at radius 2 is 2.06 bits per heavy atom. The van der Waals surface area contributed by atoms with Crippen molar-refractivity contribution in [2.45, 2.75) is 39.0 Å². The molecule has 0 fully saturated rings. The van der Waals surface area contributed by atoms with E-state index in [1.165, 1.54) is 30.1 Å². The molecule has 2 heteroatoms. The van der Waals surface area contributed by atoms with Crippen LogP contribution in [-0.2, 0) is 12.8 Å². The zero-order valence-electron chi connectivity index (χ0n) is 10.0. The molecule has 0 nitrogen and oxygen atoms in total. The Morgan fingerprint density at radius 1 is 1.24 bits per heavy atom. The highest BCUT2D eigenvalue weighted by Crippen LogP contribution is 2.40. The maximum absolute atomic E-state index is 13.8. The van der Waals surface area contributed by atoms with Gasteiger partial charge in [-0.3, -0.25) is 0 Å². The molecule has 0 heterocycles. The van der Waals surface area contributed by atoms with Crippen LogP contribution in [0.1, 0.15) is 37.3 Å². The molecule has 0 aromatic heterocycles. The van der Waals surface area contributed by atoms with Crippen LogP contribution in [0.5, 0.6) is 0 Å². The van der Waals surface area contributed by atoms with Crippen molar-refractivity contribution in [2.24, 2.45) is 5.92 Å². The Morgan fingerprint density at radius 3 is 2.88 bits per heavy atom. The van der Waals surface area contributed by atoms with Gasteiger partial charge in [-0.1, -0.05) is 17.2 Å². The van der Waals surface area contributed by atoms with Crippen molar-refractivity contribution in [1.82, 2.24) is 0 Å². The molecule has 0 saturated carbocycles. The lowest BCUT2D eigenvalue weighted by Crippen LogP contribution is -2.22. The van der Waals surface area contributed by atoms with Gasteiger partial charge in [0.15, 0.2) is 11.6 Å². The molecular weight excluding hydrogens is 218 g/mol. The van der Waals surface area contributed by atoms with Crippen LogP contribution in [-0.4, -0.2) is 0 Å². The minimum Gasteiger partial charge on any atom is -0.204 e. The van der Waals surface area contributed by atoms with Crippen LogP contribution in [0.3, 0.4) is 0 Å². The molecule has 2 aliphatic carbocycles. The van der Waals surface area contributed by atoms with Crippen molar-refractivity contribution in [2.75, 3.05) is 0 Å². The third-order valence-electron chi connectivity index (χ3n) is 4.27. The van der Waals surface area contributed by atoms with E-state index in [1.807, 2.05) is 0 Å². The van der Waals surface area contributed by atoms with Gasteiger partial charge in [-0.05, 0) is 62.1 Å². The first-order chi connectivity index (χ1) is 8.16. The number of hydrogen-bond acceptors (Lipinski definition) is 0. The minimum absolute atomic E-state index is 0.570. The Bertz CT molecular complexity index is 500. The fraction of sp³-hybridized carbons (Fsp3) is 0.467. The van der Waals surface area contributed by atoms with Gasteiger partial charge in [-0.25, -0.2) is 8.78 Å². The van der Waals surface area contributed by atoms with E-state index in [0.29, 0.717) is 17.9 Å². The second-order valence-corrected chi connectivity index (χ2v) is 5.27. The molecule has 3 rings (SSSR count). The van der Waals surface area contributed by atoms with E-state index in [0.717, 1.165) is 18.4 Å². The highest BCUT2D eigenvalue weighted by molar-refractivity contribution is 5.40. The van der Waals surface area contributed by atoms with Gasteiger partial charge in [0.05, 0.1) is 0 Å². The summed E-state index contributed by atoms with van der Waals surface area (Å²) in [4.78, 5) is 0. The fourth-order valence-electron chi connectivity index (χ4n) is 3.29. The van der Waals surface area contributed by atoms with Crippen molar-refractivity contribution >= 4 is 0 Å². The second kappa shape index (κ2) is 3.94. The van der Waals surface area contributed by atoms with Gasteiger partial charge in [-0.15, -0.1) is 0 Å². The molecule has 17 heavy (non-hydrogen) atoms. The lowest BCUT2D eigenvalue weighted by atomic mass is 9.72. The molecule has 1 aromatic carbocycles. The standard InChI is InChI=1S/C15H16F2/c1-9-3-2-4-10-7-11-5-6-14(16)15(17)13(11)8-12(9)10/h5-6,10H,2-4,7-8H2,1H3. The average Bonchev–Trinajstić information content (AvgIpc) is 2.33. The van der Waals surface area contributed by atoms with Crippen LogP contribution in [0.2, 0.25) is 0 Å². The quantitative estimate of drug-likeness (QED) is 0.591. The van der Waals surface area contributed by atoms with Crippen molar-refractivity contribution in [3.63, 3.8) is 0 Å². The van der Waals surface area contributed by atoms with E-state index in [9.17, 15) is 8.78 Å². The molecule has 2 aliphatic rings. The molecule has 0 spiro atoms. The summed E-state index contributed by atoms with van der Waals surface area (Å²) in [5.41, 5.74) is 4.37. The Hall–Kier alpha value is -1.18. The third kappa shape index (κ3) is 1.70. The van der Waals surface area contributed by atoms with Gasteiger partial charge >= 0.3 is 0 Å². The first kappa shape index (κ1) is 10.9. The van der Waals surface area contributed by atoms with Gasteiger partial charge in [0.2, 0.25) is 0 Å². The second-order valence-electron chi connectivity index (χ2n) is 5.27. The van der Waals surface area contributed by atoms with E-state index in [4.69, 9.17) is 0 Å². The number of rotatable bonds is 0. The molecule has 1 atom stereocenters. The summed E-state index contributed by atoms with van der Waals surface area (Å²) in [6, 6.07) is 3.02. The molecular formula is C15H16F2. The van der Waals surface area contributed by atoms with E-state index >= 15 is 0 Å². The summed E-state index contributed by atoms with van der Waals surface area (Å²) >= 11 is 0. The molecule has 90 valence electrons. The zero-order valence-corrected chi connectivity index (χ0v) is 10.0. The van der Waals surface area contributed by atoms with Crippen molar-refractivity contribution in [3.05, 3.63) is 46.0 Å². The van der Waals surface area contributed by atoms with E-state index < -0.39 is 11.6 Å². The van der Waals surface area contributed by atoms with Crippen LogP contribution in [0.15, 0.2) is 23.3 Å². The molecule has 0 saturated heterocycles. The lowest BCUT2D eigenvalue weighted by molar-refractivity contribution is 0.448. The fourth-order valence-corrected chi connectivity index (χ4v) is 3.29. The number of halogens is 2. The number of fused-ring (bicyclic) bond motifs is 2. The first-order valence-corrected chi connectivity index (χ1v) is 6.31. The van der Waals surface area contributed by atoms with Gasteiger partial charge in [0, 0.05) is 0 Å². The molecule has 0 N–H and O–H groups in total. The highest BCUT2D eigenvalue weighted by Gasteiger charge is 2.29. The van der Waals surface area contributed by atoms with Crippen LogP contribution < -0.4 is 0 Å². The third-order valence-corrected chi connectivity index (χ3v) is 4.27. The normalized spacial score (nSPS) is 23.4. The predicted molar refractivity (Wildman–Crippen MR) is 63.8 cm³/mol. The summed E-state index contributed by atoms with van der Waals surface area (Å²) < 4.78 is 27.0. The van der Waals surface area contributed by atoms with E-state index in [-0.39, 0.29) is 0 Å². The summed E-state index contributed by atoms with van der Waals surface area (Å²) in [6.45, 7) is 2.14. The summed E-state index contributed by atoms with van der Waals surface area (Å²) in [6.07, 6.45) is 5.07. The summed E-state index contributed by atoms with van der Waals surface area (Å²) in [5.74, 6) is -0.774. The van der Waals surface area contributed by atoms with Gasteiger partial charge in [-0.2, -0.15) is 0 Å². The Balaban J connectivity index is 2.09. The highest BCUT2D eigenvalue weighted by atomic mass is 19.2. The number of hydrogen-bond donors (Lipinski definition) is 0. The monoisotopic (exact) mass is 234 g/mol. The molecule has 0 aliphatic heterocycles. The van der Waals surface area contributed by atoms with Crippen LogP contribution in [0, 0.1) is 17.6 Å². The molecule has 0 radical (unpaired) electrons. The number of allylic oxidation sites excluding steroid dienone is 2. The predicted octanol–water partition coefficient (Wildman–Crippen LogP) is 4.18. The van der Waals surface area contributed by atoms with Crippen LogP contribution >= 0.6 is 0 Å². The topological polar surface area (TPSA) is 0 Å². The largest absolute Gasteiger partial charge is 0.204 e. The SMILES string of the molecule is CC1=C2Cc3c(ccc(F)c3F)CC2CCC1. The smallest absolute Gasteiger partial charge is 0.162 e. The lowest BCUT2D eigenvalue weighted by Gasteiger charge is -2.33. The maximum Gasteiger partial charge on any atom is 0.162 e. The minimum atomic E-state index is -0.712. The van der Waals surface area contributed by atoms with Crippen molar-refractivity contribution < 1.29 is 8.78 Å². The van der Waals surface area contributed by atoms with E-state index in [1.54, 1.807) is 6.07 Å². The van der Waals surface area contributed by atoms with Gasteiger partial charge in [0.25, 0.3) is 0 Å². The first-order valence-electron chi connectivity index (χ1n) is 6.31.